The Bertz CT molecular complexity index is 689. The molecule has 0 radical (unpaired) electrons. The predicted octanol–water partition coefficient (Wildman–Crippen LogP) is 2.94. The van der Waals surface area contributed by atoms with Gasteiger partial charge in [0.15, 0.2) is 8.07 Å². The summed E-state index contributed by atoms with van der Waals surface area (Å²) >= 11 is 3.51. The summed E-state index contributed by atoms with van der Waals surface area (Å²) in [6.45, 7) is 2.37. The maximum absolute atomic E-state index is 4.78. The van der Waals surface area contributed by atoms with Crippen LogP contribution in [-0.2, 0) is 0 Å². The van der Waals surface area contributed by atoms with Crippen LogP contribution in [0.1, 0.15) is 0 Å². The molecule has 0 unspecified atom stereocenters. The minimum atomic E-state index is -2.05. The number of aromatic nitrogens is 1. The van der Waals surface area contributed by atoms with E-state index in [0.29, 0.717) is 0 Å². The minimum absolute atomic E-state index is 0.894. The monoisotopic (exact) mass is 353 g/mol. The molecule has 3 heteroatoms. The molecule has 0 atom stereocenters. The van der Waals surface area contributed by atoms with Gasteiger partial charge in [-0.2, -0.15) is 0 Å². The Hall–Kier alpha value is -1.71. The smallest absolute Gasteiger partial charge is 0.168 e. The molecule has 21 heavy (non-hydrogen) atoms. The van der Waals surface area contributed by atoms with Crippen molar-refractivity contribution in [1.82, 2.24) is 4.98 Å². The molecule has 1 heterocycles. The van der Waals surface area contributed by atoms with Crippen molar-refractivity contribution in [3.8, 4) is 0 Å². The Morgan fingerprint density at radius 2 is 1.24 bits per heavy atom. The van der Waals surface area contributed by atoms with E-state index in [1.54, 1.807) is 0 Å². The SMILES string of the molecule is C[Si](c1ccccc1)(c1ccccc1)c1cccc(Br)n1. The molecule has 2 aromatic carbocycles. The number of nitrogens with zero attached hydrogens (tertiary/aromatic N) is 1. The van der Waals surface area contributed by atoms with E-state index in [9.17, 15) is 0 Å². The Labute approximate surface area is 134 Å². The molecule has 1 aromatic heterocycles. The Kier molecular flexibility index (Phi) is 4.04. The number of pyridine rings is 1. The number of rotatable bonds is 3. The van der Waals surface area contributed by atoms with Crippen molar-refractivity contribution in [2.75, 3.05) is 0 Å². The first kappa shape index (κ1) is 14.2. The summed E-state index contributed by atoms with van der Waals surface area (Å²) in [5.74, 6) is 0. The minimum Gasteiger partial charge on any atom is -0.250 e. The molecule has 1 nitrogen and oxygen atoms in total. The van der Waals surface area contributed by atoms with Gasteiger partial charge in [-0.1, -0.05) is 73.3 Å². The van der Waals surface area contributed by atoms with Crippen molar-refractivity contribution in [2.24, 2.45) is 0 Å². The molecule has 0 aliphatic carbocycles. The van der Waals surface area contributed by atoms with E-state index < -0.39 is 8.07 Å². The van der Waals surface area contributed by atoms with E-state index in [0.717, 1.165) is 4.60 Å². The topological polar surface area (TPSA) is 12.9 Å². The molecule has 0 bridgehead atoms. The lowest BCUT2D eigenvalue weighted by molar-refractivity contribution is 1.32. The van der Waals surface area contributed by atoms with Gasteiger partial charge in [0, 0.05) is 5.32 Å². The van der Waals surface area contributed by atoms with Crippen LogP contribution in [0.4, 0.5) is 0 Å². The molecule has 0 saturated carbocycles. The molecular formula is C18H16BrNSi. The second kappa shape index (κ2) is 5.96. The van der Waals surface area contributed by atoms with Gasteiger partial charge in [-0.05, 0) is 38.4 Å². The van der Waals surface area contributed by atoms with Gasteiger partial charge in [-0.3, -0.25) is 0 Å². The molecule has 0 aliphatic heterocycles. The van der Waals surface area contributed by atoms with Crippen molar-refractivity contribution in [2.45, 2.75) is 6.55 Å². The molecule has 0 spiro atoms. The molecule has 0 aliphatic rings. The van der Waals surface area contributed by atoms with Gasteiger partial charge in [-0.25, -0.2) is 4.98 Å². The van der Waals surface area contributed by atoms with Crippen molar-refractivity contribution < 1.29 is 0 Å². The molecule has 3 rings (SSSR count). The molecule has 3 aromatic rings. The first-order valence-corrected chi connectivity index (χ1v) is 10.2. The second-order valence-electron chi connectivity index (χ2n) is 5.20. The van der Waals surface area contributed by atoms with E-state index >= 15 is 0 Å². The molecule has 0 saturated heterocycles. The Balaban J connectivity index is 2.25. The number of hydrogen-bond donors (Lipinski definition) is 0. The van der Waals surface area contributed by atoms with Crippen molar-refractivity contribution in [1.29, 1.82) is 0 Å². The Morgan fingerprint density at radius 1 is 0.714 bits per heavy atom. The summed E-state index contributed by atoms with van der Waals surface area (Å²) in [7, 11) is -2.05. The third kappa shape index (κ3) is 2.71. The van der Waals surface area contributed by atoms with Crippen molar-refractivity contribution in [3.63, 3.8) is 0 Å². The normalized spacial score (nSPS) is 11.3. The second-order valence-corrected chi connectivity index (χ2v) is 9.93. The van der Waals surface area contributed by atoms with Crippen molar-refractivity contribution >= 4 is 39.7 Å². The summed E-state index contributed by atoms with van der Waals surface area (Å²) in [6, 6.07) is 27.7. The summed E-state index contributed by atoms with van der Waals surface area (Å²) in [5, 5.41) is 3.93. The lowest BCUT2D eigenvalue weighted by Crippen LogP contribution is -2.65. The molecule has 0 N–H and O–H groups in total. The average Bonchev–Trinajstić information content (AvgIpc) is 2.56. The third-order valence-electron chi connectivity index (χ3n) is 3.93. The first-order chi connectivity index (χ1) is 10.2. The fourth-order valence-corrected chi connectivity index (χ4v) is 6.62. The van der Waals surface area contributed by atoms with E-state index in [2.05, 4.69) is 95.3 Å². The average molecular weight is 354 g/mol. The van der Waals surface area contributed by atoms with Crippen molar-refractivity contribution in [3.05, 3.63) is 83.5 Å². The zero-order chi connectivity index (χ0) is 14.7. The Morgan fingerprint density at radius 3 is 1.71 bits per heavy atom. The van der Waals surface area contributed by atoms with E-state index in [1.165, 1.54) is 15.7 Å². The summed E-state index contributed by atoms with van der Waals surface area (Å²) in [4.78, 5) is 4.78. The first-order valence-electron chi connectivity index (χ1n) is 6.95. The molecule has 104 valence electrons. The van der Waals surface area contributed by atoms with Gasteiger partial charge in [-0.15, -0.1) is 0 Å². The zero-order valence-electron chi connectivity index (χ0n) is 11.8. The maximum Gasteiger partial charge on any atom is 0.168 e. The summed E-state index contributed by atoms with van der Waals surface area (Å²) < 4.78 is 0.894. The van der Waals surface area contributed by atoms with Gasteiger partial charge in [0.1, 0.15) is 4.60 Å². The number of benzene rings is 2. The number of halogens is 1. The molecular weight excluding hydrogens is 338 g/mol. The van der Waals surface area contributed by atoms with Crippen LogP contribution in [0.25, 0.3) is 0 Å². The van der Waals surface area contributed by atoms with Gasteiger partial charge in [0.25, 0.3) is 0 Å². The maximum atomic E-state index is 4.78. The van der Waals surface area contributed by atoms with Crippen LogP contribution in [-0.4, -0.2) is 13.1 Å². The quantitative estimate of drug-likeness (QED) is 0.521. The highest BCUT2D eigenvalue weighted by molar-refractivity contribution is 9.10. The standard InChI is InChI=1S/C18H16BrNSi/c1-21(15-9-4-2-5-10-15,16-11-6-3-7-12-16)18-14-8-13-17(19)20-18/h2-14H,1H3. The summed E-state index contributed by atoms with van der Waals surface area (Å²) in [6.07, 6.45) is 0. The van der Waals surface area contributed by atoms with Gasteiger partial charge in [0.2, 0.25) is 0 Å². The number of hydrogen-bond acceptors (Lipinski definition) is 1. The van der Waals surface area contributed by atoms with E-state index in [1.807, 2.05) is 6.07 Å². The lowest BCUT2D eigenvalue weighted by atomic mass is 10.4. The van der Waals surface area contributed by atoms with Crippen LogP contribution in [0.2, 0.25) is 6.55 Å². The van der Waals surface area contributed by atoms with E-state index in [-0.39, 0.29) is 0 Å². The fraction of sp³-hybridized carbons (Fsp3) is 0.0556. The predicted molar refractivity (Wildman–Crippen MR) is 95.3 cm³/mol. The fourth-order valence-electron chi connectivity index (χ4n) is 2.69. The highest BCUT2D eigenvalue weighted by atomic mass is 79.9. The van der Waals surface area contributed by atoms with E-state index in [4.69, 9.17) is 4.98 Å². The van der Waals surface area contributed by atoms with Crippen LogP contribution in [0.3, 0.4) is 0 Å². The van der Waals surface area contributed by atoms with Gasteiger partial charge < -0.3 is 0 Å². The van der Waals surface area contributed by atoms with Crippen LogP contribution in [0.5, 0.6) is 0 Å². The van der Waals surface area contributed by atoms with Gasteiger partial charge >= 0.3 is 0 Å². The summed E-state index contributed by atoms with van der Waals surface area (Å²) in [5.41, 5.74) is 0. The van der Waals surface area contributed by atoms with Crippen LogP contribution >= 0.6 is 15.9 Å². The van der Waals surface area contributed by atoms with Gasteiger partial charge in [0.05, 0.1) is 0 Å². The third-order valence-corrected chi connectivity index (χ3v) is 8.65. The van der Waals surface area contributed by atoms with Crippen LogP contribution in [0.15, 0.2) is 83.5 Å². The van der Waals surface area contributed by atoms with Crippen LogP contribution < -0.4 is 15.7 Å². The van der Waals surface area contributed by atoms with Crippen LogP contribution in [0, 0.1) is 0 Å². The largest absolute Gasteiger partial charge is 0.250 e. The highest BCUT2D eigenvalue weighted by Crippen LogP contribution is 2.08. The highest BCUT2D eigenvalue weighted by Gasteiger charge is 2.35. The lowest BCUT2D eigenvalue weighted by Gasteiger charge is -2.28. The zero-order valence-corrected chi connectivity index (χ0v) is 14.4. The molecule has 0 fully saturated rings. The molecule has 0 amide bonds.